The Labute approximate surface area is 184 Å². The van der Waals surface area contributed by atoms with E-state index >= 15 is 0 Å². The highest BCUT2D eigenvalue weighted by atomic mass is 32.2. The van der Waals surface area contributed by atoms with Crippen LogP contribution in [0.2, 0.25) is 0 Å². The molecule has 1 heterocycles. The Morgan fingerprint density at radius 2 is 1.52 bits per heavy atom. The zero-order valence-electron chi connectivity index (χ0n) is 17.1. The molecule has 0 fully saturated rings. The molecule has 31 heavy (non-hydrogen) atoms. The van der Waals surface area contributed by atoms with Crippen molar-refractivity contribution in [1.29, 1.82) is 0 Å². The van der Waals surface area contributed by atoms with Crippen molar-refractivity contribution in [1.82, 2.24) is 19.7 Å². The third kappa shape index (κ3) is 4.51. The molecule has 0 saturated heterocycles. The summed E-state index contributed by atoms with van der Waals surface area (Å²) in [6.07, 6.45) is 0. The van der Waals surface area contributed by atoms with E-state index in [0.717, 1.165) is 16.8 Å². The van der Waals surface area contributed by atoms with Crippen molar-refractivity contribution >= 4 is 17.7 Å². The van der Waals surface area contributed by atoms with Crippen molar-refractivity contribution in [2.75, 3.05) is 14.1 Å². The summed E-state index contributed by atoms with van der Waals surface area (Å²) in [5.41, 5.74) is 2.47. The molecule has 4 rings (SSSR count). The Morgan fingerprint density at radius 3 is 2.13 bits per heavy atom. The number of amides is 1. The van der Waals surface area contributed by atoms with Crippen LogP contribution >= 0.6 is 11.8 Å². The summed E-state index contributed by atoms with van der Waals surface area (Å²) in [4.78, 5) is 14.6. The fraction of sp³-hybridized carbons (Fsp3) is 0.125. The van der Waals surface area contributed by atoms with Crippen LogP contribution in [0.5, 0.6) is 0 Å². The number of carbonyl (C=O) groups excluding carboxylic acids is 1. The van der Waals surface area contributed by atoms with E-state index in [9.17, 15) is 9.18 Å². The molecule has 0 bridgehead atoms. The molecule has 0 aliphatic rings. The van der Waals surface area contributed by atoms with Gasteiger partial charge in [-0.05, 0) is 29.8 Å². The highest BCUT2D eigenvalue weighted by Gasteiger charge is 2.27. The molecule has 5 nitrogen and oxygen atoms in total. The Hall–Kier alpha value is -3.45. The van der Waals surface area contributed by atoms with Crippen LogP contribution < -0.4 is 0 Å². The highest BCUT2D eigenvalue weighted by Crippen LogP contribution is 2.38. The third-order valence-corrected chi connectivity index (χ3v) is 5.93. The van der Waals surface area contributed by atoms with Crippen LogP contribution in [0.4, 0.5) is 4.39 Å². The highest BCUT2D eigenvalue weighted by molar-refractivity contribution is 8.00. The monoisotopic (exact) mass is 432 g/mol. The van der Waals surface area contributed by atoms with Gasteiger partial charge >= 0.3 is 0 Å². The van der Waals surface area contributed by atoms with Gasteiger partial charge in [-0.25, -0.2) is 4.39 Å². The van der Waals surface area contributed by atoms with Crippen molar-refractivity contribution < 1.29 is 9.18 Å². The predicted molar refractivity (Wildman–Crippen MR) is 120 cm³/mol. The first-order chi connectivity index (χ1) is 15.0. The number of likely N-dealkylation sites (N-methyl/N-ethyl adjacent to an activating group) is 1. The lowest BCUT2D eigenvalue weighted by Crippen LogP contribution is -2.27. The number of hydrogen-bond acceptors (Lipinski definition) is 4. The predicted octanol–water partition coefficient (Wildman–Crippen LogP) is 5.00. The van der Waals surface area contributed by atoms with E-state index in [1.165, 1.54) is 23.9 Å². The summed E-state index contributed by atoms with van der Waals surface area (Å²) < 4.78 is 15.4. The fourth-order valence-electron chi connectivity index (χ4n) is 3.17. The summed E-state index contributed by atoms with van der Waals surface area (Å²) in [7, 11) is 3.47. The largest absolute Gasteiger partial charge is 0.348 e. The third-order valence-electron chi connectivity index (χ3n) is 4.74. The van der Waals surface area contributed by atoms with Crippen molar-refractivity contribution in [2.24, 2.45) is 0 Å². The quantitative estimate of drug-likeness (QED) is 0.403. The lowest BCUT2D eigenvalue weighted by molar-refractivity contribution is -0.128. The average Bonchev–Trinajstić information content (AvgIpc) is 3.22. The molecular weight excluding hydrogens is 411 g/mol. The number of hydrogen-bond donors (Lipinski definition) is 0. The summed E-state index contributed by atoms with van der Waals surface area (Å²) in [5, 5.41) is 8.87. The maximum Gasteiger partial charge on any atom is 0.240 e. The van der Waals surface area contributed by atoms with E-state index in [0.29, 0.717) is 11.0 Å². The second-order valence-corrected chi connectivity index (χ2v) is 8.20. The molecule has 0 unspecified atom stereocenters. The minimum atomic E-state index is -0.497. The van der Waals surface area contributed by atoms with Crippen molar-refractivity contribution in [3.63, 3.8) is 0 Å². The average molecular weight is 433 g/mol. The van der Waals surface area contributed by atoms with E-state index in [-0.39, 0.29) is 11.7 Å². The topological polar surface area (TPSA) is 51.0 Å². The number of rotatable bonds is 6. The number of benzene rings is 3. The van der Waals surface area contributed by atoms with Crippen LogP contribution in [0.3, 0.4) is 0 Å². The molecule has 0 radical (unpaired) electrons. The van der Waals surface area contributed by atoms with Crippen LogP contribution in [-0.4, -0.2) is 39.7 Å². The SMILES string of the molecule is CN(C)C(=O)[C@H](Sc1nnc(-c2ccccc2)n1-c1ccc(F)cc1)c1ccccc1. The first-order valence-electron chi connectivity index (χ1n) is 9.74. The molecule has 0 spiro atoms. The second-order valence-electron chi connectivity index (χ2n) is 7.13. The lowest BCUT2D eigenvalue weighted by atomic mass is 10.1. The molecular formula is C24H21FN4OS. The van der Waals surface area contributed by atoms with Crippen LogP contribution in [0.25, 0.3) is 17.1 Å². The van der Waals surface area contributed by atoms with Crippen molar-refractivity contribution in [3.05, 3.63) is 96.3 Å². The summed E-state index contributed by atoms with van der Waals surface area (Å²) in [6.45, 7) is 0. The minimum absolute atomic E-state index is 0.0499. The molecule has 1 atom stereocenters. The maximum atomic E-state index is 13.6. The van der Waals surface area contributed by atoms with Crippen LogP contribution in [-0.2, 0) is 4.79 Å². The Kier molecular flexibility index (Phi) is 6.13. The van der Waals surface area contributed by atoms with Crippen LogP contribution in [0.15, 0.2) is 90.1 Å². The van der Waals surface area contributed by atoms with Crippen molar-refractivity contribution in [2.45, 2.75) is 10.4 Å². The number of carbonyl (C=O) groups is 1. The first-order valence-corrected chi connectivity index (χ1v) is 10.6. The smallest absolute Gasteiger partial charge is 0.240 e. The van der Waals surface area contributed by atoms with Crippen molar-refractivity contribution in [3.8, 4) is 17.1 Å². The Bertz CT molecular complexity index is 1160. The van der Waals surface area contributed by atoms with E-state index < -0.39 is 5.25 Å². The van der Waals surface area contributed by atoms with Gasteiger partial charge in [0.2, 0.25) is 5.91 Å². The molecule has 0 aliphatic heterocycles. The van der Waals surface area contributed by atoms with Gasteiger partial charge < -0.3 is 4.90 Å². The van der Waals surface area contributed by atoms with Gasteiger partial charge in [0, 0.05) is 25.3 Å². The number of nitrogens with zero attached hydrogens (tertiary/aromatic N) is 4. The van der Waals surface area contributed by atoms with E-state index in [2.05, 4.69) is 10.2 Å². The van der Waals surface area contributed by atoms with Crippen LogP contribution in [0, 0.1) is 5.82 Å². The summed E-state index contributed by atoms with van der Waals surface area (Å²) >= 11 is 1.32. The van der Waals surface area contributed by atoms with Gasteiger partial charge in [-0.1, -0.05) is 72.4 Å². The molecule has 3 aromatic carbocycles. The van der Waals surface area contributed by atoms with E-state index in [1.807, 2.05) is 65.2 Å². The minimum Gasteiger partial charge on any atom is -0.348 e. The maximum absolute atomic E-state index is 13.6. The van der Waals surface area contributed by atoms with E-state index in [4.69, 9.17) is 0 Å². The molecule has 156 valence electrons. The van der Waals surface area contributed by atoms with Gasteiger partial charge in [0.25, 0.3) is 0 Å². The number of halogens is 1. The standard InChI is InChI=1S/C24H21FN4OS/c1-28(2)23(30)21(17-9-5-3-6-10-17)31-24-27-26-22(18-11-7-4-8-12-18)29(24)20-15-13-19(25)14-16-20/h3-16,21H,1-2H3/t21-/m1/s1. The van der Waals surface area contributed by atoms with Crippen LogP contribution in [0.1, 0.15) is 10.8 Å². The normalized spacial score (nSPS) is 11.8. The Morgan fingerprint density at radius 1 is 0.903 bits per heavy atom. The first kappa shape index (κ1) is 20.8. The molecule has 0 saturated carbocycles. The van der Waals surface area contributed by atoms with Gasteiger partial charge in [0.1, 0.15) is 11.1 Å². The molecule has 0 aliphatic carbocycles. The summed E-state index contributed by atoms with van der Waals surface area (Å²) in [5.74, 6) is 0.252. The molecule has 0 N–H and O–H groups in total. The van der Waals surface area contributed by atoms with Gasteiger partial charge in [-0.15, -0.1) is 10.2 Å². The van der Waals surface area contributed by atoms with E-state index in [1.54, 1.807) is 31.1 Å². The molecule has 1 aromatic heterocycles. The van der Waals surface area contributed by atoms with Gasteiger partial charge in [-0.3, -0.25) is 9.36 Å². The summed E-state index contributed by atoms with van der Waals surface area (Å²) in [6, 6.07) is 25.4. The molecule has 4 aromatic rings. The Balaban J connectivity index is 1.83. The zero-order chi connectivity index (χ0) is 21.8. The number of thioether (sulfide) groups is 1. The fourth-order valence-corrected chi connectivity index (χ4v) is 4.37. The molecule has 1 amide bonds. The van der Waals surface area contributed by atoms with Gasteiger partial charge in [0.15, 0.2) is 11.0 Å². The number of aromatic nitrogens is 3. The van der Waals surface area contributed by atoms with Gasteiger partial charge in [-0.2, -0.15) is 0 Å². The second kappa shape index (κ2) is 9.14. The molecule has 7 heteroatoms. The lowest BCUT2D eigenvalue weighted by Gasteiger charge is -2.20. The van der Waals surface area contributed by atoms with Gasteiger partial charge in [0.05, 0.1) is 0 Å². The zero-order valence-corrected chi connectivity index (χ0v) is 18.0.